The molecule has 7 nitrogen and oxygen atoms in total. The van der Waals surface area contributed by atoms with Crippen LogP contribution in [0.1, 0.15) is 42.5 Å². The number of amides is 1. The predicted molar refractivity (Wildman–Crippen MR) is 121 cm³/mol. The van der Waals surface area contributed by atoms with Gasteiger partial charge in [0, 0.05) is 25.1 Å². The monoisotopic (exact) mass is 449 g/mol. The lowest BCUT2D eigenvalue weighted by atomic mass is 9.94. The van der Waals surface area contributed by atoms with Crippen molar-refractivity contribution in [3.63, 3.8) is 0 Å². The molecule has 33 heavy (non-hydrogen) atoms. The van der Waals surface area contributed by atoms with E-state index in [1.165, 1.54) is 4.90 Å². The molecule has 0 bridgehead atoms. The van der Waals surface area contributed by atoms with Gasteiger partial charge in [0.1, 0.15) is 23.4 Å². The Morgan fingerprint density at radius 3 is 2.82 bits per heavy atom. The molecule has 7 heteroatoms. The zero-order valence-corrected chi connectivity index (χ0v) is 18.7. The molecule has 5 rings (SSSR count). The fraction of sp³-hybridized carbons (Fsp3) is 0.385. The number of carbonyl (C=O) groups excluding carboxylic acids is 2. The second-order valence-electron chi connectivity index (χ2n) is 8.82. The summed E-state index contributed by atoms with van der Waals surface area (Å²) < 4.78 is 16.9. The normalized spacial score (nSPS) is 25.9. The van der Waals surface area contributed by atoms with Crippen molar-refractivity contribution in [1.29, 1.82) is 0 Å². The largest absolute Gasteiger partial charge is 0.507 e. The average molecular weight is 450 g/mol. The number of hydrogen-bond donors (Lipinski definition) is 1. The van der Waals surface area contributed by atoms with Crippen LogP contribution in [0.5, 0.6) is 11.5 Å². The van der Waals surface area contributed by atoms with Gasteiger partial charge in [-0.15, -0.1) is 0 Å². The molecule has 1 amide bonds. The summed E-state index contributed by atoms with van der Waals surface area (Å²) in [7, 11) is 1.57. The topological polar surface area (TPSA) is 85.3 Å². The number of rotatable bonds is 5. The third-order valence-corrected chi connectivity index (χ3v) is 6.54. The van der Waals surface area contributed by atoms with Crippen LogP contribution in [0.4, 0.5) is 0 Å². The highest BCUT2D eigenvalue weighted by atomic mass is 16.5. The Bertz CT molecular complexity index is 1130. The molecule has 3 atom stereocenters. The van der Waals surface area contributed by atoms with Gasteiger partial charge >= 0.3 is 0 Å². The van der Waals surface area contributed by atoms with E-state index in [4.69, 9.17) is 14.2 Å². The molecule has 2 fully saturated rings. The summed E-state index contributed by atoms with van der Waals surface area (Å²) in [5.41, 5.74) is 2.25. The molecule has 172 valence electrons. The molecule has 0 saturated carbocycles. The summed E-state index contributed by atoms with van der Waals surface area (Å²) in [6.45, 7) is 2.92. The molecule has 0 radical (unpaired) electrons. The van der Waals surface area contributed by atoms with Gasteiger partial charge in [-0.25, -0.2) is 0 Å². The highest BCUT2D eigenvalue weighted by Crippen LogP contribution is 2.41. The molecular formula is C26H27NO6. The molecule has 2 aromatic rings. The molecule has 2 aromatic carbocycles. The molecule has 1 N–H and O–H groups in total. The summed E-state index contributed by atoms with van der Waals surface area (Å²) in [6.07, 6.45) is 2.41. The Kier molecular flexibility index (Phi) is 5.58. The van der Waals surface area contributed by atoms with Crippen LogP contribution in [0.3, 0.4) is 0 Å². The van der Waals surface area contributed by atoms with Crippen molar-refractivity contribution in [2.24, 2.45) is 0 Å². The Balaban J connectivity index is 1.61. The first-order chi connectivity index (χ1) is 16.0. The molecule has 3 unspecified atom stereocenters. The highest BCUT2D eigenvalue weighted by molar-refractivity contribution is 6.46. The number of aliphatic hydroxyl groups excluding tert-OH is 1. The van der Waals surface area contributed by atoms with Gasteiger partial charge in [-0.05, 0) is 61.2 Å². The van der Waals surface area contributed by atoms with Crippen LogP contribution in [-0.2, 0) is 20.7 Å². The molecule has 3 aliphatic rings. The first kappa shape index (κ1) is 21.5. The van der Waals surface area contributed by atoms with Crippen LogP contribution in [0.25, 0.3) is 5.76 Å². The number of ketones is 1. The second kappa shape index (κ2) is 8.56. The summed E-state index contributed by atoms with van der Waals surface area (Å²) in [4.78, 5) is 27.9. The number of methoxy groups -OCH3 is 1. The number of benzene rings is 2. The van der Waals surface area contributed by atoms with Crippen molar-refractivity contribution in [2.45, 2.75) is 44.4 Å². The van der Waals surface area contributed by atoms with Crippen LogP contribution < -0.4 is 9.47 Å². The van der Waals surface area contributed by atoms with Crippen molar-refractivity contribution in [2.75, 3.05) is 20.3 Å². The second-order valence-corrected chi connectivity index (χ2v) is 8.82. The van der Waals surface area contributed by atoms with E-state index in [1.807, 2.05) is 25.1 Å². The first-order valence-electron chi connectivity index (χ1n) is 11.3. The molecule has 0 spiro atoms. The lowest BCUT2D eigenvalue weighted by molar-refractivity contribution is -0.140. The average Bonchev–Trinajstić information content (AvgIpc) is 3.52. The Hall–Kier alpha value is -3.32. The standard InChI is InChI=1S/C26H27NO6/c1-15-11-18-12-17(8-9-21(18)33-15)24(28)22-23(16-5-3-6-19(13-16)31-2)27(26(30)25(22)29)14-20-7-4-10-32-20/h3,5-6,8-9,12-13,15,20,23,28H,4,7,10-11,14H2,1-2H3/b24-22+. The van der Waals surface area contributed by atoms with E-state index >= 15 is 0 Å². The highest BCUT2D eigenvalue weighted by Gasteiger charge is 2.47. The van der Waals surface area contributed by atoms with Crippen LogP contribution in [0.2, 0.25) is 0 Å². The number of Topliss-reactive ketones (excluding diaryl/α,β-unsaturated/α-hetero) is 1. The van der Waals surface area contributed by atoms with Gasteiger partial charge in [0.25, 0.3) is 11.7 Å². The minimum atomic E-state index is -0.729. The van der Waals surface area contributed by atoms with E-state index in [2.05, 4.69) is 0 Å². The maximum atomic E-state index is 13.2. The fourth-order valence-corrected chi connectivity index (χ4v) is 4.96. The quantitative estimate of drug-likeness (QED) is 0.426. The zero-order valence-electron chi connectivity index (χ0n) is 18.7. The minimum Gasteiger partial charge on any atom is -0.507 e. The van der Waals surface area contributed by atoms with Gasteiger partial charge in [-0.2, -0.15) is 0 Å². The maximum Gasteiger partial charge on any atom is 0.295 e. The van der Waals surface area contributed by atoms with Gasteiger partial charge in [0.15, 0.2) is 0 Å². The molecular weight excluding hydrogens is 422 g/mol. The van der Waals surface area contributed by atoms with E-state index in [-0.39, 0.29) is 23.5 Å². The Labute approximate surface area is 192 Å². The third kappa shape index (κ3) is 3.86. The van der Waals surface area contributed by atoms with Crippen molar-refractivity contribution < 1.29 is 28.9 Å². The van der Waals surface area contributed by atoms with Gasteiger partial charge in [-0.3, -0.25) is 9.59 Å². The van der Waals surface area contributed by atoms with Gasteiger partial charge in [-0.1, -0.05) is 12.1 Å². The van der Waals surface area contributed by atoms with E-state index < -0.39 is 17.7 Å². The van der Waals surface area contributed by atoms with Crippen molar-refractivity contribution in [3.8, 4) is 11.5 Å². The van der Waals surface area contributed by atoms with Crippen LogP contribution in [0, 0.1) is 0 Å². The van der Waals surface area contributed by atoms with Crippen molar-refractivity contribution in [1.82, 2.24) is 4.90 Å². The zero-order chi connectivity index (χ0) is 23.1. The lowest BCUT2D eigenvalue weighted by Gasteiger charge is -2.27. The van der Waals surface area contributed by atoms with E-state index in [9.17, 15) is 14.7 Å². The van der Waals surface area contributed by atoms with E-state index in [1.54, 1.807) is 31.4 Å². The summed E-state index contributed by atoms with van der Waals surface area (Å²) in [5, 5.41) is 11.3. The number of aliphatic hydroxyl groups is 1. The SMILES string of the molecule is COc1cccc(C2/C(=C(\O)c3ccc4c(c3)CC(C)O4)C(=O)C(=O)N2CC2CCCO2)c1. The number of fused-ring (bicyclic) bond motifs is 1. The first-order valence-corrected chi connectivity index (χ1v) is 11.3. The van der Waals surface area contributed by atoms with Crippen molar-refractivity contribution >= 4 is 17.4 Å². The molecule has 3 aliphatic heterocycles. The van der Waals surface area contributed by atoms with Crippen LogP contribution >= 0.6 is 0 Å². The smallest absolute Gasteiger partial charge is 0.295 e. The molecule has 2 saturated heterocycles. The summed E-state index contributed by atoms with van der Waals surface area (Å²) in [6, 6.07) is 11.9. The molecule has 3 heterocycles. The maximum absolute atomic E-state index is 13.2. The van der Waals surface area contributed by atoms with Gasteiger partial charge in [0.2, 0.25) is 0 Å². The summed E-state index contributed by atoms with van der Waals surface area (Å²) in [5.74, 6) is -0.110. The number of ether oxygens (including phenoxy) is 3. The van der Waals surface area contributed by atoms with Gasteiger partial charge < -0.3 is 24.2 Å². The lowest BCUT2D eigenvalue weighted by Crippen LogP contribution is -2.36. The Morgan fingerprint density at radius 2 is 2.06 bits per heavy atom. The van der Waals surface area contributed by atoms with E-state index in [0.717, 1.165) is 30.6 Å². The molecule has 0 aliphatic carbocycles. The Morgan fingerprint density at radius 1 is 1.21 bits per heavy atom. The van der Waals surface area contributed by atoms with Gasteiger partial charge in [0.05, 0.1) is 24.8 Å². The summed E-state index contributed by atoms with van der Waals surface area (Å²) >= 11 is 0. The predicted octanol–water partition coefficient (Wildman–Crippen LogP) is 3.62. The number of carbonyl (C=O) groups is 2. The number of hydrogen-bond acceptors (Lipinski definition) is 6. The fourth-order valence-electron chi connectivity index (χ4n) is 4.96. The van der Waals surface area contributed by atoms with Crippen LogP contribution in [-0.4, -0.2) is 54.2 Å². The minimum absolute atomic E-state index is 0.0613. The van der Waals surface area contributed by atoms with Crippen LogP contribution in [0.15, 0.2) is 48.0 Å². The number of likely N-dealkylation sites (tertiary alicyclic amines) is 1. The number of nitrogens with zero attached hydrogens (tertiary/aromatic N) is 1. The van der Waals surface area contributed by atoms with Crippen molar-refractivity contribution in [3.05, 3.63) is 64.7 Å². The third-order valence-electron chi connectivity index (χ3n) is 6.54. The molecule has 0 aromatic heterocycles. The van der Waals surface area contributed by atoms with E-state index in [0.29, 0.717) is 30.0 Å².